The fraction of sp³-hybridized carbons (Fsp3) is 0.308. The van der Waals surface area contributed by atoms with Crippen LogP contribution in [-0.2, 0) is 9.59 Å². The molecule has 5 heteroatoms. The lowest BCUT2D eigenvalue weighted by Crippen LogP contribution is -2.01. The molecule has 0 aromatic heterocycles. The number of carbonyl (C=O) groups excluding carboxylic acids is 2. The number of nitrogens with two attached hydrogens (primary N) is 1. The number of amides is 1. The van der Waals surface area contributed by atoms with Gasteiger partial charge < -0.3 is 10.8 Å². The number of carboxylic acid groups (broad SMARTS) is 1. The molecular formula is C13H17NO4. The van der Waals surface area contributed by atoms with E-state index in [0.717, 1.165) is 0 Å². The van der Waals surface area contributed by atoms with Crippen molar-refractivity contribution in [2.45, 2.75) is 26.2 Å². The lowest BCUT2D eigenvalue weighted by atomic mass is 10.1. The lowest BCUT2D eigenvalue weighted by Gasteiger charge is -1.98. The highest BCUT2D eigenvalue weighted by Gasteiger charge is 2.05. The monoisotopic (exact) mass is 251 g/mol. The Balaban J connectivity index is 0.000000631. The van der Waals surface area contributed by atoms with Crippen molar-refractivity contribution >= 4 is 17.7 Å². The maximum atomic E-state index is 11.4. The molecule has 1 aromatic carbocycles. The quantitative estimate of drug-likeness (QED) is 0.777. The molecule has 0 aliphatic rings. The van der Waals surface area contributed by atoms with Crippen molar-refractivity contribution in [3.63, 3.8) is 0 Å². The van der Waals surface area contributed by atoms with Crippen molar-refractivity contribution in [1.29, 1.82) is 0 Å². The molecule has 0 aliphatic heterocycles. The van der Waals surface area contributed by atoms with Crippen LogP contribution in [-0.4, -0.2) is 22.8 Å². The fourth-order valence-electron chi connectivity index (χ4n) is 1.17. The fourth-order valence-corrected chi connectivity index (χ4v) is 1.17. The molecule has 18 heavy (non-hydrogen) atoms. The summed E-state index contributed by atoms with van der Waals surface area (Å²) < 4.78 is 0. The van der Waals surface area contributed by atoms with Gasteiger partial charge in [0.2, 0.25) is 5.91 Å². The summed E-state index contributed by atoms with van der Waals surface area (Å²) in [6.45, 7) is 1.31. The number of hydrogen-bond donors (Lipinski definition) is 2. The van der Waals surface area contributed by atoms with E-state index in [1.807, 2.05) is 6.07 Å². The van der Waals surface area contributed by atoms with Crippen molar-refractivity contribution in [3.05, 3.63) is 35.9 Å². The Morgan fingerprint density at radius 3 is 2.06 bits per heavy atom. The zero-order valence-electron chi connectivity index (χ0n) is 10.3. The van der Waals surface area contributed by atoms with E-state index in [1.54, 1.807) is 24.3 Å². The topological polar surface area (TPSA) is 97.5 Å². The molecular weight excluding hydrogens is 234 g/mol. The first-order valence-electron chi connectivity index (χ1n) is 5.49. The van der Waals surface area contributed by atoms with Gasteiger partial charge in [0.1, 0.15) is 0 Å². The van der Waals surface area contributed by atoms with E-state index in [4.69, 9.17) is 5.11 Å². The van der Waals surface area contributed by atoms with Crippen LogP contribution in [0.3, 0.4) is 0 Å². The summed E-state index contributed by atoms with van der Waals surface area (Å²) in [7, 11) is 0. The van der Waals surface area contributed by atoms with Gasteiger partial charge in [-0.1, -0.05) is 30.3 Å². The zero-order chi connectivity index (χ0) is 14.0. The molecule has 0 heterocycles. The second kappa shape index (κ2) is 8.92. The molecule has 0 unspecified atom stereocenters. The van der Waals surface area contributed by atoms with E-state index in [-0.39, 0.29) is 18.1 Å². The third-order valence-corrected chi connectivity index (χ3v) is 1.89. The predicted octanol–water partition coefficient (Wildman–Crippen LogP) is 1.62. The normalized spacial score (nSPS) is 8.94. The van der Waals surface area contributed by atoms with Crippen LogP contribution in [0.25, 0.3) is 0 Å². The number of benzene rings is 1. The van der Waals surface area contributed by atoms with Gasteiger partial charge >= 0.3 is 5.97 Å². The molecule has 98 valence electrons. The number of carbonyl (C=O) groups is 3. The van der Waals surface area contributed by atoms with E-state index in [0.29, 0.717) is 18.4 Å². The zero-order valence-corrected chi connectivity index (χ0v) is 10.3. The van der Waals surface area contributed by atoms with Crippen LogP contribution in [0.5, 0.6) is 0 Å². The maximum absolute atomic E-state index is 11.4. The third kappa shape index (κ3) is 9.08. The van der Waals surface area contributed by atoms with Gasteiger partial charge in [0.15, 0.2) is 5.78 Å². The molecule has 0 aliphatic carbocycles. The van der Waals surface area contributed by atoms with Gasteiger partial charge in [-0.15, -0.1) is 0 Å². The van der Waals surface area contributed by atoms with Gasteiger partial charge in [-0.25, -0.2) is 0 Å². The summed E-state index contributed by atoms with van der Waals surface area (Å²) in [5.74, 6) is -1.18. The minimum absolute atomic E-state index is 0.00634. The molecule has 0 bridgehead atoms. The summed E-state index contributed by atoms with van der Waals surface area (Å²) in [6.07, 6.45) is 0.762. The summed E-state index contributed by atoms with van der Waals surface area (Å²) in [4.78, 5) is 30.9. The highest BCUT2D eigenvalue weighted by Crippen LogP contribution is 2.06. The molecule has 0 saturated heterocycles. The van der Waals surface area contributed by atoms with Crippen LogP contribution in [0.2, 0.25) is 0 Å². The molecule has 3 N–H and O–H groups in total. The van der Waals surface area contributed by atoms with Gasteiger partial charge in [-0.05, 0) is 6.42 Å². The van der Waals surface area contributed by atoms with E-state index in [2.05, 4.69) is 5.73 Å². The predicted molar refractivity (Wildman–Crippen MR) is 67.1 cm³/mol. The van der Waals surface area contributed by atoms with E-state index >= 15 is 0 Å². The van der Waals surface area contributed by atoms with Crippen LogP contribution in [0, 0.1) is 0 Å². The second-order valence-corrected chi connectivity index (χ2v) is 3.65. The average Bonchev–Trinajstić information content (AvgIpc) is 2.29. The van der Waals surface area contributed by atoms with Crippen molar-refractivity contribution in [3.8, 4) is 0 Å². The number of carboxylic acids is 1. The number of aliphatic carboxylic acids is 1. The lowest BCUT2D eigenvalue weighted by molar-refractivity contribution is -0.137. The van der Waals surface area contributed by atoms with Crippen molar-refractivity contribution in [2.75, 3.05) is 0 Å². The summed E-state index contributed by atoms with van der Waals surface area (Å²) >= 11 is 0. The van der Waals surface area contributed by atoms with E-state index in [9.17, 15) is 14.4 Å². The van der Waals surface area contributed by atoms with Crippen LogP contribution in [0.4, 0.5) is 0 Å². The van der Waals surface area contributed by atoms with Gasteiger partial charge in [0.25, 0.3) is 0 Å². The Morgan fingerprint density at radius 2 is 1.61 bits per heavy atom. The number of ketones is 1. The van der Waals surface area contributed by atoms with Gasteiger partial charge in [-0.3, -0.25) is 14.4 Å². The SMILES string of the molecule is CC(N)=O.O=C(O)CCCC(=O)c1ccccc1. The van der Waals surface area contributed by atoms with Gasteiger partial charge in [-0.2, -0.15) is 0 Å². The Bertz CT molecular complexity index is 397. The second-order valence-electron chi connectivity index (χ2n) is 3.65. The van der Waals surface area contributed by atoms with Crippen molar-refractivity contribution in [2.24, 2.45) is 5.73 Å². The van der Waals surface area contributed by atoms with Crippen LogP contribution in [0.1, 0.15) is 36.5 Å². The Kier molecular flexibility index (Phi) is 7.85. The summed E-state index contributed by atoms with van der Waals surface area (Å²) in [5.41, 5.74) is 5.12. The highest BCUT2D eigenvalue weighted by molar-refractivity contribution is 5.96. The van der Waals surface area contributed by atoms with Crippen molar-refractivity contribution in [1.82, 2.24) is 0 Å². The molecule has 0 fully saturated rings. The number of hydrogen-bond acceptors (Lipinski definition) is 3. The average molecular weight is 251 g/mol. The van der Waals surface area contributed by atoms with Gasteiger partial charge in [0, 0.05) is 25.3 Å². The van der Waals surface area contributed by atoms with Crippen LogP contribution in [0.15, 0.2) is 30.3 Å². The van der Waals surface area contributed by atoms with Crippen molar-refractivity contribution < 1.29 is 19.5 Å². The number of primary amides is 1. The molecule has 1 rings (SSSR count). The molecule has 1 aromatic rings. The Labute approximate surface area is 106 Å². The van der Waals surface area contributed by atoms with Crippen LogP contribution >= 0.6 is 0 Å². The third-order valence-electron chi connectivity index (χ3n) is 1.89. The Morgan fingerprint density at radius 1 is 1.11 bits per heavy atom. The smallest absolute Gasteiger partial charge is 0.303 e. The maximum Gasteiger partial charge on any atom is 0.303 e. The first-order chi connectivity index (χ1) is 8.43. The highest BCUT2D eigenvalue weighted by atomic mass is 16.4. The molecule has 5 nitrogen and oxygen atoms in total. The molecule has 0 saturated carbocycles. The number of rotatable bonds is 5. The van der Waals surface area contributed by atoms with Crippen LogP contribution < -0.4 is 5.73 Å². The first-order valence-corrected chi connectivity index (χ1v) is 5.49. The van der Waals surface area contributed by atoms with E-state index < -0.39 is 5.97 Å². The minimum atomic E-state index is -0.856. The molecule has 0 spiro atoms. The molecule has 0 radical (unpaired) electrons. The van der Waals surface area contributed by atoms with Gasteiger partial charge in [0.05, 0.1) is 0 Å². The molecule has 1 amide bonds. The number of Topliss-reactive ketones (excluding diaryl/α,β-unsaturated/α-hetero) is 1. The Hall–Kier alpha value is -2.17. The summed E-state index contributed by atoms with van der Waals surface area (Å²) in [6, 6.07) is 8.91. The first kappa shape index (κ1) is 15.8. The minimum Gasteiger partial charge on any atom is -0.481 e. The largest absolute Gasteiger partial charge is 0.481 e. The molecule has 0 atom stereocenters. The van der Waals surface area contributed by atoms with E-state index in [1.165, 1.54) is 6.92 Å². The standard InChI is InChI=1S/C11H12O3.C2H5NO/c12-10(7-4-8-11(13)14)9-5-2-1-3-6-9;1-2(3)4/h1-3,5-6H,4,7-8H2,(H,13,14);1H3,(H2,3,4). The summed E-state index contributed by atoms with van der Waals surface area (Å²) in [5, 5.41) is 8.39.